The molecule has 0 aliphatic heterocycles. The van der Waals surface area contributed by atoms with Crippen molar-refractivity contribution in [2.24, 2.45) is 0 Å². The molecular weight excluding hydrogens is 660 g/mol. The summed E-state index contributed by atoms with van der Waals surface area (Å²) >= 11 is 0. The van der Waals surface area contributed by atoms with E-state index in [-0.39, 0.29) is 51.6 Å². The second kappa shape index (κ2) is 36.7. The zero-order valence-corrected chi connectivity index (χ0v) is 34.2. The third kappa shape index (κ3) is 29.1. The molecule has 52 heavy (non-hydrogen) atoms. The van der Waals surface area contributed by atoms with E-state index in [1.54, 1.807) is 0 Å². The summed E-state index contributed by atoms with van der Waals surface area (Å²) in [5, 5.41) is 39.9. The summed E-state index contributed by atoms with van der Waals surface area (Å²) < 4.78 is 12.0. The topological polar surface area (TPSA) is 134 Å². The van der Waals surface area contributed by atoms with Crippen LogP contribution in [-0.4, -0.2) is 133 Å². The van der Waals surface area contributed by atoms with Gasteiger partial charge >= 0.3 is 11.9 Å². The van der Waals surface area contributed by atoms with Crippen LogP contribution in [-0.2, 0) is 19.1 Å². The molecule has 0 aromatic rings. The lowest BCUT2D eigenvalue weighted by atomic mass is 10.1. The van der Waals surface area contributed by atoms with Gasteiger partial charge in [-0.2, -0.15) is 0 Å². The summed E-state index contributed by atoms with van der Waals surface area (Å²) in [7, 11) is 0. The van der Waals surface area contributed by atoms with Crippen LogP contribution in [0.2, 0.25) is 0 Å². The SMILES string of the molecule is CCCCCCCCCCCCCC(=O)OCC[N+](CCO)(CCO)CC[N+](CCO)(CCO)CCOC(=O)CCCCCCCCCCCCC. The molecule has 10 heteroatoms. The standard InChI is InChI=1S/C42H86N2O8/c1-3-5-7-9-11-13-15-17-19-21-23-25-41(49)51-39-33-43(29-35-45,30-36-46)27-28-44(31-37-47,32-38-48)34-40-52-42(50)26-24-22-20-18-16-14-12-10-8-6-4-2/h45-48H,3-40H2,1-2H3/q+2. The van der Waals surface area contributed by atoms with Gasteiger partial charge in [0.2, 0.25) is 0 Å². The number of aliphatic hydroxyl groups is 4. The lowest BCUT2D eigenvalue weighted by molar-refractivity contribution is -0.981. The van der Waals surface area contributed by atoms with E-state index in [1.165, 1.54) is 103 Å². The number of nitrogens with zero attached hydrogens (tertiary/aromatic N) is 2. The molecule has 0 radical (unpaired) electrons. The van der Waals surface area contributed by atoms with Crippen LogP contribution in [0.3, 0.4) is 0 Å². The Labute approximate surface area is 319 Å². The zero-order chi connectivity index (χ0) is 38.4. The van der Waals surface area contributed by atoms with Crippen LogP contribution in [0.25, 0.3) is 0 Å². The predicted octanol–water partition coefficient (Wildman–Crippen LogP) is 7.08. The average Bonchev–Trinajstić information content (AvgIpc) is 3.12. The molecule has 4 N–H and O–H groups in total. The summed E-state index contributed by atoms with van der Waals surface area (Å²) in [6.45, 7) is 8.14. The van der Waals surface area contributed by atoms with Crippen molar-refractivity contribution in [3.8, 4) is 0 Å². The molecule has 0 bridgehead atoms. The van der Waals surface area contributed by atoms with Gasteiger partial charge in [-0.3, -0.25) is 9.59 Å². The molecule has 0 aliphatic carbocycles. The summed E-state index contributed by atoms with van der Waals surface area (Å²) in [5.74, 6) is -0.412. The van der Waals surface area contributed by atoms with Crippen LogP contribution < -0.4 is 0 Å². The quantitative estimate of drug-likeness (QED) is 0.0297. The van der Waals surface area contributed by atoms with E-state index < -0.39 is 0 Å². The minimum Gasteiger partial charge on any atom is -0.460 e. The molecule has 0 amide bonds. The highest BCUT2D eigenvalue weighted by atomic mass is 16.5. The number of ether oxygens (including phenoxy) is 2. The van der Waals surface area contributed by atoms with Gasteiger partial charge < -0.3 is 38.9 Å². The molecule has 0 saturated carbocycles. The van der Waals surface area contributed by atoms with Crippen LogP contribution in [0, 0.1) is 0 Å². The maximum absolute atomic E-state index is 12.5. The van der Waals surface area contributed by atoms with Crippen molar-refractivity contribution < 1.29 is 48.5 Å². The number of carbonyl (C=O) groups is 2. The lowest BCUT2D eigenvalue weighted by Gasteiger charge is -2.43. The maximum atomic E-state index is 12.5. The summed E-state index contributed by atoms with van der Waals surface area (Å²) in [6, 6.07) is 0. The summed E-state index contributed by atoms with van der Waals surface area (Å²) in [5.41, 5.74) is 0. The molecule has 0 spiro atoms. The smallest absolute Gasteiger partial charge is 0.305 e. The number of unbranched alkanes of at least 4 members (excludes halogenated alkanes) is 20. The molecule has 0 heterocycles. The monoisotopic (exact) mass is 747 g/mol. The maximum Gasteiger partial charge on any atom is 0.305 e. The molecule has 0 aromatic heterocycles. The van der Waals surface area contributed by atoms with E-state index >= 15 is 0 Å². The molecule has 0 aliphatic rings. The largest absolute Gasteiger partial charge is 0.460 e. The van der Waals surface area contributed by atoms with Crippen molar-refractivity contribution in [2.75, 3.05) is 92.0 Å². The second-order valence-corrected chi connectivity index (χ2v) is 15.4. The number of aliphatic hydroxyl groups excluding tert-OH is 4. The van der Waals surface area contributed by atoms with Crippen LogP contribution in [0.15, 0.2) is 0 Å². The number of carbonyl (C=O) groups excluding carboxylic acids is 2. The molecule has 0 atom stereocenters. The number of hydrogen-bond donors (Lipinski definition) is 4. The third-order valence-electron chi connectivity index (χ3n) is 11.0. The minimum atomic E-state index is -0.206. The van der Waals surface area contributed by atoms with Gasteiger partial charge in [0.05, 0.1) is 26.4 Å². The molecular formula is C42H86N2O8+2. The van der Waals surface area contributed by atoms with E-state index in [0.29, 0.717) is 74.2 Å². The van der Waals surface area contributed by atoms with Gasteiger partial charge in [0.1, 0.15) is 65.6 Å². The van der Waals surface area contributed by atoms with Crippen LogP contribution >= 0.6 is 0 Å². The van der Waals surface area contributed by atoms with Crippen molar-refractivity contribution in [1.29, 1.82) is 0 Å². The average molecular weight is 747 g/mol. The predicted molar refractivity (Wildman–Crippen MR) is 212 cm³/mol. The fraction of sp³-hybridized carbons (Fsp3) is 0.952. The Kier molecular flexibility index (Phi) is 35.7. The molecule has 310 valence electrons. The minimum absolute atomic E-state index is 0.0800. The Hall–Kier alpha value is -1.30. The first-order valence-corrected chi connectivity index (χ1v) is 21.8. The first-order valence-electron chi connectivity index (χ1n) is 21.8. The fourth-order valence-electron chi connectivity index (χ4n) is 7.33. The van der Waals surface area contributed by atoms with Gasteiger partial charge in [-0.1, -0.05) is 142 Å². The molecule has 0 saturated heterocycles. The molecule has 0 rings (SSSR count). The highest BCUT2D eigenvalue weighted by molar-refractivity contribution is 5.69. The van der Waals surface area contributed by atoms with Gasteiger partial charge in [0.15, 0.2) is 0 Å². The van der Waals surface area contributed by atoms with Crippen LogP contribution in [0.4, 0.5) is 0 Å². The Morgan fingerprint density at radius 1 is 0.365 bits per heavy atom. The number of esters is 2. The lowest BCUT2D eigenvalue weighted by Crippen LogP contribution is -2.62. The van der Waals surface area contributed by atoms with E-state index in [4.69, 9.17) is 9.47 Å². The Balaban J connectivity index is 4.68. The van der Waals surface area contributed by atoms with Crippen molar-refractivity contribution in [2.45, 2.75) is 168 Å². The van der Waals surface area contributed by atoms with Crippen LogP contribution in [0.1, 0.15) is 168 Å². The molecule has 10 nitrogen and oxygen atoms in total. The summed E-state index contributed by atoms with van der Waals surface area (Å²) in [4.78, 5) is 25.0. The molecule has 0 fully saturated rings. The van der Waals surface area contributed by atoms with E-state index in [1.807, 2.05) is 0 Å². The van der Waals surface area contributed by atoms with Crippen LogP contribution in [0.5, 0.6) is 0 Å². The van der Waals surface area contributed by atoms with Crippen molar-refractivity contribution in [3.05, 3.63) is 0 Å². The molecule has 0 aromatic carbocycles. The van der Waals surface area contributed by atoms with Crippen molar-refractivity contribution >= 4 is 11.9 Å². The zero-order valence-electron chi connectivity index (χ0n) is 34.2. The van der Waals surface area contributed by atoms with Crippen molar-refractivity contribution in [3.63, 3.8) is 0 Å². The molecule has 0 unspecified atom stereocenters. The summed E-state index contributed by atoms with van der Waals surface area (Å²) in [6.07, 6.45) is 27.7. The number of rotatable bonds is 41. The highest BCUT2D eigenvalue weighted by Crippen LogP contribution is 2.16. The third-order valence-corrected chi connectivity index (χ3v) is 11.0. The first kappa shape index (κ1) is 50.7. The van der Waals surface area contributed by atoms with E-state index in [0.717, 1.165) is 38.5 Å². The Bertz CT molecular complexity index is 724. The first-order chi connectivity index (χ1) is 25.4. The van der Waals surface area contributed by atoms with Gasteiger partial charge in [0, 0.05) is 12.8 Å². The van der Waals surface area contributed by atoms with Gasteiger partial charge in [-0.05, 0) is 12.8 Å². The van der Waals surface area contributed by atoms with Gasteiger partial charge in [-0.25, -0.2) is 0 Å². The second-order valence-electron chi connectivity index (χ2n) is 15.4. The highest BCUT2D eigenvalue weighted by Gasteiger charge is 2.34. The Morgan fingerprint density at radius 2 is 0.615 bits per heavy atom. The van der Waals surface area contributed by atoms with Crippen molar-refractivity contribution in [1.82, 2.24) is 0 Å². The van der Waals surface area contributed by atoms with E-state index in [2.05, 4.69) is 13.8 Å². The Morgan fingerprint density at radius 3 is 0.865 bits per heavy atom. The van der Waals surface area contributed by atoms with E-state index in [9.17, 15) is 30.0 Å². The fourth-order valence-corrected chi connectivity index (χ4v) is 7.33. The number of quaternary nitrogens is 2. The normalized spacial score (nSPS) is 12.0. The van der Waals surface area contributed by atoms with Gasteiger partial charge in [0.25, 0.3) is 0 Å². The van der Waals surface area contributed by atoms with Gasteiger partial charge in [-0.15, -0.1) is 0 Å². The number of hydrogen-bond acceptors (Lipinski definition) is 8.